The second kappa shape index (κ2) is 11.8. The number of hydrogen-bond donors (Lipinski definition) is 1. The predicted molar refractivity (Wildman–Crippen MR) is 151 cm³/mol. The van der Waals surface area contributed by atoms with Gasteiger partial charge in [-0.2, -0.15) is 10.1 Å². The highest BCUT2D eigenvalue weighted by Crippen LogP contribution is 2.39. The zero-order valence-electron chi connectivity index (χ0n) is 23.3. The Balaban J connectivity index is 1.07. The average Bonchev–Trinajstić information content (AvgIpc) is 3.42. The van der Waals surface area contributed by atoms with E-state index in [-0.39, 0.29) is 6.10 Å². The highest BCUT2D eigenvalue weighted by Gasteiger charge is 2.33. The molecule has 2 aliphatic heterocycles. The summed E-state index contributed by atoms with van der Waals surface area (Å²) in [5, 5.41) is 16.7. The molecule has 1 unspecified atom stereocenters. The number of methoxy groups -OCH3 is 1. The van der Waals surface area contributed by atoms with Gasteiger partial charge in [-0.15, -0.1) is 10.2 Å². The molecule has 6 rings (SSSR count). The zero-order chi connectivity index (χ0) is 26.6. The van der Waals surface area contributed by atoms with Gasteiger partial charge in [-0.3, -0.25) is 0 Å². The first-order chi connectivity index (χ1) is 19.2. The molecular weight excluding hydrogens is 490 g/mol. The number of fused-ring (bicyclic) bond motifs is 3. The molecule has 4 atom stereocenters. The van der Waals surface area contributed by atoms with Crippen molar-refractivity contribution in [3.63, 3.8) is 0 Å². The summed E-state index contributed by atoms with van der Waals surface area (Å²) in [6.45, 7) is 6.09. The number of nitrogens with one attached hydrogen (secondary N) is 1. The van der Waals surface area contributed by atoms with Gasteiger partial charge in [-0.05, 0) is 74.8 Å². The molecule has 2 bridgehead atoms. The van der Waals surface area contributed by atoms with Crippen LogP contribution < -0.4 is 19.7 Å². The Kier molecular flexibility index (Phi) is 7.83. The molecule has 9 nitrogen and oxygen atoms in total. The molecule has 1 aliphatic carbocycles. The lowest BCUT2D eigenvalue weighted by Crippen LogP contribution is -2.35. The Hall–Kier alpha value is -3.36. The Morgan fingerprint density at radius 3 is 2.87 bits per heavy atom. The van der Waals surface area contributed by atoms with Gasteiger partial charge in [0.25, 0.3) is 0 Å². The molecule has 208 valence electrons. The molecule has 3 aromatic rings. The first kappa shape index (κ1) is 25.9. The van der Waals surface area contributed by atoms with Gasteiger partial charge in [-0.1, -0.05) is 31.0 Å². The number of rotatable bonds is 7. The van der Waals surface area contributed by atoms with Crippen LogP contribution in [0.2, 0.25) is 0 Å². The lowest BCUT2D eigenvalue weighted by atomic mass is 9.72. The van der Waals surface area contributed by atoms with Crippen molar-refractivity contribution in [1.29, 1.82) is 0 Å². The van der Waals surface area contributed by atoms with E-state index in [2.05, 4.69) is 33.4 Å². The Morgan fingerprint density at radius 1 is 1.05 bits per heavy atom. The van der Waals surface area contributed by atoms with Crippen molar-refractivity contribution < 1.29 is 9.47 Å². The van der Waals surface area contributed by atoms with Crippen LogP contribution in [0.4, 0.5) is 11.6 Å². The third-order valence-electron chi connectivity index (χ3n) is 8.88. The summed E-state index contributed by atoms with van der Waals surface area (Å²) in [5.74, 6) is 5.33. The quantitative estimate of drug-likeness (QED) is 0.431. The SMILES string of the molecule is COc1cc(N2CCCC[C@@H]3C[C@@H](CCC3CNc3nc4n(n3)CCC[C@@H]4Oc3ccccc3C)C2)cnn1. The van der Waals surface area contributed by atoms with Crippen molar-refractivity contribution in [2.24, 2.45) is 17.8 Å². The second-order valence-corrected chi connectivity index (χ2v) is 11.5. The molecule has 3 aliphatic rings. The van der Waals surface area contributed by atoms with E-state index in [1.165, 1.54) is 38.5 Å². The largest absolute Gasteiger partial charge is 0.482 e. The van der Waals surface area contributed by atoms with Gasteiger partial charge in [0.05, 0.1) is 19.0 Å². The fourth-order valence-electron chi connectivity index (χ4n) is 6.73. The van der Waals surface area contributed by atoms with Crippen molar-refractivity contribution in [1.82, 2.24) is 25.0 Å². The number of aromatic nitrogens is 5. The van der Waals surface area contributed by atoms with E-state index in [1.54, 1.807) is 7.11 Å². The first-order valence-corrected chi connectivity index (χ1v) is 14.7. The van der Waals surface area contributed by atoms with Crippen LogP contribution in [0.25, 0.3) is 0 Å². The number of nitrogens with zero attached hydrogens (tertiary/aromatic N) is 6. The van der Waals surface area contributed by atoms with Crippen molar-refractivity contribution >= 4 is 11.6 Å². The number of para-hydroxylation sites is 1. The fraction of sp³-hybridized carbons (Fsp3) is 0.600. The number of aryl methyl sites for hydroxylation is 2. The number of ether oxygens (including phenoxy) is 2. The van der Waals surface area contributed by atoms with Gasteiger partial charge in [0.15, 0.2) is 11.9 Å². The van der Waals surface area contributed by atoms with Crippen LogP contribution in [0, 0.1) is 24.7 Å². The van der Waals surface area contributed by atoms with E-state index in [0.717, 1.165) is 73.7 Å². The van der Waals surface area contributed by atoms with Crippen molar-refractivity contribution in [3.05, 3.63) is 47.9 Å². The molecule has 1 N–H and O–H groups in total. The van der Waals surface area contributed by atoms with Crippen LogP contribution in [0.1, 0.15) is 68.9 Å². The Morgan fingerprint density at radius 2 is 1.97 bits per heavy atom. The highest BCUT2D eigenvalue weighted by molar-refractivity contribution is 5.46. The molecule has 9 heteroatoms. The molecule has 0 spiro atoms. The molecule has 2 fully saturated rings. The molecule has 39 heavy (non-hydrogen) atoms. The van der Waals surface area contributed by atoms with E-state index < -0.39 is 0 Å². The van der Waals surface area contributed by atoms with E-state index in [1.807, 2.05) is 35.1 Å². The van der Waals surface area contributed by atoms with E-state index >= 15 is 0 Å². The lowest BCUT2D eigenvalue weighted by Gasteiger charge is -2.37. The van der Waals surface area contributed by atoms with Crippen LogP contribution in [-0.4, -0.2) is 51.7 Å². The minimum absolute atomic E-state index is 0.0498. The summed E-state index contributed by atoms with van der Waals surface area (Å²) >= 11 is 0. The van der Waals surface area contributed by atoms with Gasteiger partial charge in [0.2, 0.25) is 11.8 Å². The summed E-state index contributed by atoms with van der Waals surface area (Å²) in [5.41, 5.74) is 2.28. The van der Waals surface area contributed by atoms with Gasteiger partial charge < -0.3 is 19.7 Å². The van der Waals surface area contributed by atoms with Crippen molar-refractivity contribution in [2.45, 2.75) is 70.9 Å². The normalized spacial score (nSPS) is 25.1. The second-order valence-electron chi connectivity index (χ2n) is 11.5. The zero-order valence-corrected chi connectivity index (χ0v) is 23.3. The molecule has 1 saturated heterocycles. The standard InChI is InChI=1S/C30H41N7O2/c1-21-8-3-4-10-26(21)39-27-11-7-15-37-29(27)33-30(35-37)31-18-24-13-12-22-16-23(24)9-5-6-14-36(20-22)25-17-28(38-2)34-32-19-25/h3-4,8,10,17,19,22-24,27H,5-7,9,11-16,18,20H2,1-2H3,(H,31,35)/t22-,23-,24?,27+/m1/s1. The van der Waals surface area contributed by atoms with Crippen molar-refractivity contribution in [2.75, 3.05) is 37.0 Å². The summed E-state index contributed by atoms with van der Waals surface area (Å²) in [6.07, 6.45) is 11.4. The molecule has 1 aromatic carbocycles. The Bertz CT molecular complexity index is 1250. The molecule has 0 radical (unpaired) electrons. The van der Waals surface area contributed by atoms with Crippen LogP contribution in [0.5, 0.6) is 11.6 Å². The van der Waals surface area contributed by atoms with E-state index in [0.29, 0.717) is 17.7 Å². The monoisotopic (exact) mass is 531 g/mol. The smallest absolute Gasteiger partial charge is 0.242 e. The third-order valence-corrected chi connectivity index (χ3v) is 8.88. The summed E-state index contributed by atoms with van der Waals surface area (Å²) < 4.78 is 13.8. The van der Waals surface area contributed by atoms with Crippen LogP contribution in [0.3, 0.4) is 0 Å². The number of benzene rings is 1. The number of anilines is 2. The lowest BCUT2D eigenvalue weighted by molar-refractivity contribution is 0.154. The highest BCUT2D eigenvalue weighted by atomic mass is 16.5. The molecule has 0 amide bonds. The maximum absolute atomic E-state index is 6.40. The average molecular weight is 532 g/mol. The summed E-state index contributed by atoms with van der Waals surface area (Å²) in [7, 11) is 1.65. The maximum atomic E-state index is 6.40. The van der Waals surface area contributed by atoms with Gasteiger partial charge >= 0.3 is 0 Å². The van der Waals surface area contributed by atoms with E-state index in [9.17, 15) is 0 Å². The van der Waals surface area contributed by atoms with Crippen LogP contribution >= 0.6 is 0 Å². The minimum Gasteiger partial charge on any atom is -0.482 e. The first-order valence-electron chi connectivity index (χ1n) is 14.7. The van der Waals surface area contributed by atoms with Crippen molar-refractivity contribution in [3.8, 4) is 11.6 Å². The molecular formula is C30H41N7O2. The van der Waals surface area contributed by atoms with Gasteiger partial charge in [0.1, 0.15) is 5.75 Å². The van der Waals surface area contributed by atoms with Crippen LogP contribution in [0.15, 0.2) is 36.5 Å². The topological polar surface area (TPSA) is 90.2 Å². The van der Waals surface area contributed by atoms with Gasteiger partial charge in [0, 0.05) is 32.2 Å². The molecule has 1 saturated carbocycles. The summed E-state index contributed by atoms with van der Waals surface area (Å²) in [4.78, 5) is 7.41. The van der Waals surface area contributed by atoms with Gasteiger partial charge in [-0.25, -0.2) is 4.68 Å². The third kappa shape index (κ3) is 5.97. The van der Waals surface area contributed by atoms with E-state index in [4.69, 9.17) is 19.6 Å². The summed E-state index contributed by atoms with van der Waals surface area (Å²) in [6, 6.07) is 10.2. The van der Waals surface area contributed by atoms with Crippen LogP contribution in [-0.2, 0) is 6.54 Å². The maximum Gasteiger partial charge on any atom is 0.242 e. The fourth-order valence-corrected chi connectivity index (χ4v) is 6.73. The predicted octanol–water partition coefficient (Wildman–Crippen LogP) is 5.43. The molecule has 4 heterocycles. The Labute approximate surface area is 231 Å². The minimum atomic E-state index is -0.0498. The number of hydrogen-bond acceptors (Lipinski definition) is 8. The molecule has 2 aromatic heterocycles.